The fraction of sp³-hybridized carbons (Fsp3) is 0.172. The lowest BCUT2D eigenvalue weighted by Crippen LogP contribution is -2.37. The first-order chi connectivity index (χ1) is 17.8. The van der Waals surface area contributed by atoms with Crippen LogP contribution < -0.4 is 21.3 Å². The van der Waals surface area contributed by atoms with Crippen molar-refractivity contribution in [3.05, 3.63) is 104 Å². The van der Waals surface area contributed by atoms with Crippen LogP contribution in [-0.4, -0.2) is 25.9 Å². The Balaban J connectivity index is 1.83. The molecule has 0 unspecified atom stereocenters. The van der Waals surface area contributed by atoms with Gasteiger partial charge in [0.2, 0.25) is 0 Å². The summed E-state index contributed by atoms with van der Waals surface area (Å²) in [7, 11) is 4.70. The van der Waals surface area contributed by atoms with Crippen molar-refractivity contribution in [3.8, 4) is 28.4 Å². The number of nitrogens with one attached hydrogen (secondary N) is 1. The van der Waals surface area contributed by atoms with Crippen LogP contribution in [0.15, 0.2) is 76.3 Å². The van der Waals surface area contributed by atoms with E-state index in [1.807, 2.05) is 61.5 Å². The molecule has 2 aromatic heterocycles. The number of benzene rings is 3. The fourth-order valence-corrected chi connectivity index (χ4v) is 5.42. The molecular formula is C29H26N4O4. The highest BCUT2D eigenvalue weighted by Crippen LogP contribution is 2.46. The van der Waals surface area contributed by atoms with Crippen LogP contribution in [0.4, 0.5) is 5.69 Å². The smallest absolute Gasteiger partial charge is 0.331 e. The molecular weight excluding hydrogens is 468 g/mol. The number of rotatable bonds is 3. The molecule has 37 heavy (non-hydrogen) atoms. The first kappa shape index (κ1) is 22.7. The summed E-state index contributed by atoms with van der Waals surface area (Å²) < 4.78 is 10.0. The molecule has 0 bridgehead atoms. The van der Waals surface area contributed by atoms with Gasteiger partial charge >= 0.3 is 5.69 Å². The van der Waals surface area contributed by atoms with Gasteiger partial charge in [0, 0.05) is 14.1 Å². The number of methoxy groups -OCH3 is 1. The van der Waals surface area contributed by atoms with Gasteiger partial charge in [-0.1, -0.05) is 42.0 Å². The second kappa shape index (κ2) is 8.16. The SMILES string of the molecule is COc1ccc([C@@H]2Nc3ccccc3-n3c(-c4cccc(C)c4)c4c(=O)n(C)c(=O)n(C)c4c32)cc1O. The zero-order valence-corrected chi connectivity index (χ0v) is 20.9. The molecule has 5 aromatic rings. The minimum Gasteiger partial charge on any atom is -0.504 e. The number of hydrogen-bond donors (Lipinski definition) is 2. The number of hydrogen-bond acceptors (Lipinski definition) is 5. The quantitative estimate of drug-likeness (QED) is 0.392. The summed E-state index contributed by atoms with van der Waals surface area (Å²) in [6, 6.07) is 20.7. The first-order valence-electron chi connectivity index (χ1n) is 12.0. The Labute approximate surface area is 212 Å². The molecule has 0 saturated carbocycles. The largest absolute Gasteiger partial charge is 0.504 e. The summed E-state index contributed by atoms with van der Waals surface area (Å²) in [5, 5.41) is 14.7. The molecule has 1 atom stereocenters. The monoisotopic (exact) mass is 494 g/mol. The highest BCUT2D eigenvalue weighted by Gasteiger charge is 2.35. The minimum absolute atomic E-state index is 0.00628. The van der Waals surface area contributed by atoms with Crippen LogP contribution in [0.5, 0.6) is 11.5 Å². The van der Waals surface area contributed by atoms with E-state index < -0.39 is 11.7 Å². The van der Waals surface area contributed by atoms with Crippen LogP contribution in [0.2, 0.25) is 0 Å². The molecule has 0 spiro atoms. The summed E-state index contributed by atoms with van der Waals surface area (Å²) >= 11 is 0. The summed E-state index contributed by atoms with van der Waals surface area (Å²) in [5.41, 5.74) is 5.68. The highest BCUT2D eigenvalue weighted by molar-refractivity contribution is 5.99. The van der Waals surface area contributed by atoms with Gasteiger partial charge < -0.3 is 19.7 Å². The summed E-state index contributed by atoms with van der Waals surface area (Å²) in [4.78, 5) is 26.9. The Kier molecular flexibility index (Phi) is 5.01. The van der Waals surface area contributed by atoms with Gasteiger partial charge in [-0.2, -0.15) is 0 Å². The molecule has 1 aliphatic rings. The number of aromatic nitrogens is 3. The average molecular weight is 495 g/mol. The predicted octanol–water partition coefficient (Wildman–Crippen LogP) is 4.23. The van der Waals surface area contributed by atoms with Gasteiger partial charge in [0.1, 0.15) is 0 Å². The van der Waals surface area contributed by atoms with Crippen molar-refractivity contribution in [2.24, 2.45) is 14.1 Å². The second-order valence-corrected chi connectivity index (χ2v) is 9.39. The third kappa shape index (κ3) is 3.22. The zero-order valence-electron chi connectivity index (χ0n) is 20.9. The van der Waals surface area contributed by atoms with Crippen molar-refractivity contribution in [1.82, 2.24) is 13.7 Å². The third-order valence-electron chi connectivity index (χ3n) is 7.15. The molecule has 3 heterocycles. The van der Waals surface area contributed by atoms with E-state index in [0.29, 0.717) is 16.7 Å². The first-order valence-corrected chi connectivity index (χ1v) is 12.0. The van der Waals surface area contributed by atoms with E-state index in [0.717, 1.165) is 44.0 Å². The van der Waals surface area contributed by atoms with Crippen LogP contribution in [0.25, 0.3) is 27.8 Å². The average Bonchev–Trinajstić information content (AvgIpc) is 3.27. The molecule has 6 rings (SSSR count). The van der Waals surface area contributed by atoms with Gasteiger partial charge in [0.15, 0.2) is 11.5 Å². The number of anilines is 1. The topological polar surface area (TPSA) is 90.4 Å². The predicted molar refractivity (Wildman–Crippen MR) is 144 cm³/mol. The molecule has 8 heteroatoms. The number of aromatic hydroxyl groups is 1. The Morgan fingerprint density at radius 2 is 1.73 bits per heavy atom. The molecule has 8 nitrogen and oxygen atoms in total. The van der Waals surface area contributed by atoms with Crippen molar-refractivity contribution in [2.45, 2.75) is 13.0 Å². The molecule has 0 aliphatic carbocycles. The van der Waals surface area contributed by atoms with Gasteiger partial charge in [0.05, 0.1) is 46.8 Å². The summed E-state index contributed by atoms with van der Waals surface area (Å²) in [5.74, 6) is 0.369. The van der Waals surface area contributed by atoms with Gasteiger partial charge in [-0.25, -0.2) is 4.79 Å². The summed E-state index contributed by atoms with van der Waals surface area (Å²) in [6.45, 7) is 2.01. The van der Waals surface area contributed by atoms with E-state index in [2.05, 4.69) is 9.88 Å². The molecule has 0 fully saturated rings. The molecule has 3 aromatic carbocycles. The van der Waals surface area contributed by atoms with Crippen molar-refractivity contribution < 1.29 is 9.84 Å². The lowest BCUT2D eigenvalue weighted by atomic mass is 9.99. The van der Waals surface area contributed by atoms with Crippen LogP contribution in [0, 0.1) is 6.92 Å². The van der Waals surface area contributed by atoms with Crippen molar-refractivity contribution in [3.63, 3.8) is 0 Å². The molecule has 0 amide bonds. The van der Waals surface area contributed by atoms with E-state index >= 15 is 0 Å². The Morgan fingerprint density at radius 1 is 0.946 bits per heavy atom. The van der Waals surface area contributed by atoms with E-state index in [4.69, 9.17) is 4.74 Å². The Bertz CT molecular complexity index is 1840. The molecule has 1 aliphatic heterocycles. The maximum atomic E-state index is 13.8. The Morgan fingerprint density at radius 3 is 2.46 bits per heavy atom. The molecule has 2 N–H and O–H groups in total. The minimum atomic E-state index is -0.467. The number of aryl methyl sites for hydroxylation is 2. The summed E-state index contributed by atoms with van der Waals surface area (Å²) in [6.07, 6.45) is 0. The van der Waals surface area contributed by atoms with Crippen LogP contribution in [-0.2, 0) is 14.1 Å². The van der Waals surface area contributed by atoms with E-state index in [-0.39, 0.29) is 11.3 Å². The zero-order chi connectivity index (χ0) is 26.0. The van der Waals surface area contributed by atoms with Crippen molar-refractivity contribution in [1.29, 1.82) is 0 Å². The van der Waals surface area contributed by atoms with Crippen molar-refractivity contribution >= 4 is 16.6 Å². The van der Waals surface area contributed by atoms with E-state index in [9.17, 15) is 14.7 Å². The second-order valence-electron chi connectivity index (χ2n) is 9.39. The maximum absolute atomic E-state index is 13.8. The Hall–Kier alpha value is -4.72. The van der Waals surface area contributed by atoms with E-state index in [1.54, 1.807) is 19.2 Å². The maximum Gasteiger partial charge on any atom is 0.331 e. The number of phenols is 1. The molecule has 186 valence electrons. The van der Waals surface area contributed by atoms with Crippen molar-refractivity contribution in [2.75, 3.05) is 12.4 Å². The van der Waals surface area contributed by atoms with Crippen LogP contribution in [0.3, 0.4) is 0 Å². The lowest BCUT2D eigenvalue weighted by molar-refractivity contribution is 0.373. The fourth-order valence-electron chi connectivity index (χ4n) is 5.42. The van der Waals surface area contributed by atoms with Crippen LogP contribution in [0.1, 0.15) is 22.9 Å². The number of ether oxygens (including phenoxy) is 1. The molecule has 0 radical (unpaired) electrons. The number of fused-ring (bicyclic) bond motifs is 5. The third-order valence-corrected chi connectivity index (χ3v) is 7.15. The van der Waals surface area contributed by atoms with Gasteiger partial charge in [0.25, 0.3) is 5.56 Å². The van der Waals surface area contributed by atoms with Crippen LogP contribution >= 0.6 is 0 Å². The van der Waals surface area contributed by atoms with E-state index in [1.165, 1.54) is 18.7 Å². The molecule has 0 saturated heterocycles. The number of phenolic OH excluding ortho intramolecular Hbond substituents is 1. The number of nitrogens with zero attached hydrogens (tertiary/aromatic N) is 3. The number of para-hydroxylation sites is 2. The lowest BCUT2D eigenvalue weighted by Gasteiger charge is -2.31. The van der Waals surface area contributed by atoms with Gasteiger partial charge in [-0.05, 0) is 48.4 Å². The van der Waals surface area contributed by atoms with Gasteiger partial charge in [-0.3, -0.25) is 13.9 Å². The normalized spacial score (nSPS) is 14.2. The highest BCUT2D eigenvalue weighted by atomic mass is 16.5. The van der Waals surface area contributed by atoms with Gasteiger partial charge in [-0.15, -0.1) is 0 Å². The standard InChI is InChI=1S/C29H26N4O4/c1-16-8-7-9-18(14-16)25-23-26(31(2)29(36)32(3)28(23)35)27-24(17-12-13-22(37-4)21(34)15-17)30-19-10-5-6-11-20(19)33(25)27/h5-15,24,30,34H,1-4H3/t24-/m0/s1.